The molecule has 0 spiro atoms. The molecule has 0 radical (unpaired) electrons. The molecule has 0 saturated heterocycles. The molecule has 14 heteroatoms. The van der Waals surface area contributed by atoms with Crippen molar-refractivity contribution in [3.05, 3.63) is 50.7 Å². The van der Waals surface area contributed by atoms with E-state index < -0.39 is 42.5 Å². The predicted molar refractivity (Wildman–Crippen MR) is 127 cm³/mol. The molecule has 2 heterocycles. The maximum atomic E-state index is 12.5. The Morgan fingerprint density at radius 1 is 1.18 bits per heavy atom. The van der Waals surface area contributed by atoms with E-state index in [4.69, 9.17) is 34.8 Å². The van der Waals surface area contributed by atoms with E-state index in [1.165, 1.54) is 24.4 Å². The second-order valence-corrected chi connectivity index (χ2v) is 8.27. The molecule has 34 heavy (non-hydrogen) atoms. The van der Waals surface area contributed by atoms with Crippen LogP contribution in [-0.4, -0.2) is 58.6 Å². The smallest absolute Gasteiger partial charge is 0.305 e. The molecule has 1 unspecified atom stereocenters. The summed E-state index contributed by atoms with van der Waals surface area (Å²) in [5.74, 6) is -2.48. The highest BCUT2D eigenvalue weighted by Gasteiger charge is 2.23. The number of phenolic OH excluding ortho intramolecular Hbond substituents is 1. The lowest BCUT2D eigenvalue weighted by molar-refractivity contribution is -0.137. The monoisotopic (exact) mass is 528 g/mol. The molecule has 1 atom stereocenters. The summed E-state index contributed by atoms with van der Waals surface area (Å²) in [6.07, 6.45) is 0.682. The molecular formula is C20H19Cl3N6O5. The van der Waals surface area contributed by atoms with Gasteiger partial charge in [0.1, 0.15) is 5.75 Å². The van der Waals surface area contributed by atoms with Crippen LogP contribution >= 0.6 is 34.8 Å². The van der Waals surface area contributed by atoms with E-state index in [9.17, 15) is 24.6 Å². The van der Waals surface area contributed by atoms with Crippen LogP contribution in [0.15, 0.2) is 29.4 Å². The SMILES string of the molecule is O=C(O)CC(NC(=O)CNC(=O)c1cnc(Cl)c(NC2=NCCN2)c1)c1cc(Cl)cc(Cl)c1O. The number of nitrogens with one attached hydrogen (secondary N) is 4. The van der Waals surface area contributed by atoms with Gasteiger partial charge in [-0.25, -0.2) is 4.98 Å². The summed E-state index contributed by atoms with van der Waals surface area (Å²) >= 11 is 17.9. The summed E-state index contributed by atoms with van der Waals surface area (Å²) < 4.78 is 0. The minimum absolute atomic E-state index is 0.0284. The second-order valence-electron chi connectivity index (χ2n) is 7.07. The number of amides is 2. The lowest BCUT2D eigenvalue weighted by Gasteiger charge is -2.19. The second kappa shape index (κ2) is 11.2. The molecule has 1 aromatic heterocycles. The van der Waals surface area contributed by atoms with Gasteiger partial charge < -0.3 is 31.5 Å². The fourth-order valence-electron chi connectivity index (χ4n) is 3.04. The van der Waals surface area contributed by atoms with Gasteiger partial charge in [-0.15, -0.1) is 0 Å². The summed E-state index contributed by atoms with van der Waals surface area (Å²) in [4.78, 5) is 44.4. The third-order valence-corrected chi connectivity index (χ3v) is 5.39. The summed E-state index contributed by atoms with van der Waals surface area (Å²) in [6, 6.07) is 2.88. The standard InChI is InChI=1S/C20H19Cl3N6O5/c21-10-4-11(17(33)12(22)5-10)13(6-16(31)32)28-15(30)8-27-19(34)9-3-14(18(23)26-7-9)29-20-24-1-2-25-20/h3-5,7,13,33H,1-2,6,8H2,(H,27,34)(H,28,30)(H,31,32)(H2,24,25,29). The number of guanidine groups is 1. The Kier molecular flexibility index (Phi) is 8.37. The zero-order valence-electron chi connectivity index (χ0n) is 17.4. The Labute approximate surface area is 208 Å². The molecule has 1 aromatic carbocycles. The molecule has 1 aliphatic heterocycles. The Morgan fingerprint density at radius 2 is 1.94 bits per heavy atom. The van der Waals surface area contributed by atoms with Gasteiger partial charge >= 0.3 is 5.97 Å². The molecular weight excluding hydrogens is 511 g/mol. The molecule has 1 aliphatic rings. The first kappa shape index (κ1) is 25.3. The molecule has 180 valence electrons. The fourth-order valence-corrected chi connectivity index (χ4v) is 3.70. The van der Waals surface area contributed by atoms with E-state index in [1.807, 2.05) is 0 Å². The zero-order valence-corrected chi connectivity index (χ0v) is 19.6. The first-order chi connectivity index (χ1) is 16.1. The molecule has 0 fully saturated rings. The van der Waals surface area contributed by atoms with Gasteiger partial charge in [-0.1, -0.05) is 34.8 Å². The average molecular weight is 530 g/mol. The number of rotatable bonds is 8. The van der Waals surface area contributed by atoms with Gasteiger partial charge in [0.25, 0.3) is 5.91 Å². The maximum absolute atomic E-state index is 12.5. The van der Waals surface area contributed by atoms with Crippen LogP contribution in [0.4, 0.5) is 5.69 Å². The van der Waals surface area contributed by atoms with Crippen LogP contribution in [0.25, 0.3) is 0 Å². The maximum Gasteiger partial charge on any atom is 0.305 e. The average Bonchev–Trinajstić information content (AvgIpc) is 3.28. The topological polar surface area (TPSA) is 165 Å². The summed E-state index contributed by atoms with van der Waals surface area (Å²) in [5.41, 5.74) is 0.502. The minimum Gasteiger partial charge on any atom is -0.506 e. The first-order valence-electron chi connectivity index (χ1n) is 9.82. The number of hydrogen-bond acceptors (Lipinski definition) is 8. The van der Waals surface area contributed by atoms with Crippen LogP contribution in [0.1, 0.15) is 28.4 Å². The van der Waals surface area contributed by atoms with Crippen molar-refractivity contribution in [1.82, 2.24) is 20.9 Å². The minimum atomic E-state index is -1.24. The number of carboxylic acids is 1. The van der Waals surface area contributed by atoms with Crippen molar-refractivity contribution < 1.29 is 24.6 Å². The van der Waals surface area contributed by atoms with Crippen molar-refractivity contribution in [3.63, 3.8) is 0 Å². The van der Waals surface area contributed by atoms with Crippen molar-refractivity contribution in [3.8, 4) is 5.75 Å². The summed E-state index contributed by atoms with van der Waals surface area (Å²) in [7, 11) is 0. The van der Waals surface area contributed by atoms with Crippen molar-refractivity contribution >= 4 is 64.2 Å². The van der Waals surface area contributed by atoms with Crippen LogP contribution in [0.3, 0.4) is 0 Å². The number of phenols is 1. The number of anilines is 1. The van der Waals surface area contributed by atoms with Crippen molar-refractivity contribution in [1.29, 1.82) is 0 Å². The van der Waals surface area contributed by atoms with Gasteiger partial charge in [0.05, 0.1) is 41.8 Å². The number of benzene rings is 1. The number of aliphatic imine (C=N–C) groups is 1. The van der Waals surface area contributed by atoms with E-state index in [0.717, 1.165) is 0 Å². The Bertz CT molecular complexity index is 1160. The third kappa shape index (κ3) is 6.62. The molecule has 0 aliphatic carbocycles. The largest absolute Gasteiger partial charge is 0.506 e. The van der Waals surface area contributed by atoms with Crippen LogP contribution < -0.4 is 21.3 Å². The zero-order chi connectivity index (χ0) is 24.8. The van der Waals surface area contributed by atoms with E-state index in [0.29, 0.717) is 24.7 Å². The number of nitrogens with zero attached hydrogens (tertiary/aromatic N) is 2. The molecule has 2 amide bonds. The van der Waals surface area contributed by atoms with Gasteiger partial charge in [-0.3, -0.25) is 19.4 Å². The first-order valence-corrected chi connectivity index (χ1v) is 11.0. The molecule has 6 N–H and O–H groups in total. The van der Waals surface area contributed by atoms with Crippen LogP contribution in [0, 0.1) is 0 Å². The molecule has 0 saturated carbocycles. The number of carbonyl (C=O) groups is 3. The molecule has 11 nitrogen and oxygen atoms in total. The highest BCUT2D eigenvalue weighted by Crippen LogP contribution is 2.36. The summed E-state index contributed by atoms with van der Waals surface area (Å²) in [6.45, 7) is 0.791. The quantitative estimate of drug-likeness (QED) is 0.283. The van der Waals surface area contributed by atoms with Gasteiger partial charge in [0.15, 0.2) is 11.1 Å². The number of aromatic nitrogens is 1. The van der Waals surface area contributed by atoms with Crippen molar-refractivity contribution in [2.75, 3.05) is 25.0 Å². The third-order valence-electron chi connectivity index (χ3n) is 4.59. The van der Waals surface area contributed by atoms with E-state index in [2.05, 4.69) is 31.2 Å². The van der Waals surface area contributed by atoms with E-state index in [1.54, 1.807) is 0 Å². The van der Waals surface area contributed by atoms with Crippen molar-refractivity contribution in [2.24, 2.45) is 4.99 Å². The number of aliphatic carboxylic acids is 1. The highest BCUT2D eigenvalue weighted by atomic mass is 35.5. The number of aromatic hydroxyl groups is 1. The fraction of sp³-hybridized carbons (Fsp3) is 0.250. The highest BCUT2D eigenvalue weighted by molar-refractivity contribution is 6.35. The van der Waals surface area contributed by atoms with Crippen LogP contribution in [0.2, 0.25) is 15.2 Å². The number of carbonyl (C=O) groups excluding carboxylic acids is 2. The van der Waals surface area contributed by atoms with E-state index >= 15 is 0 Å². The Hall–Kier alpha value is -3.28. The van der Waals surface area contributed by atoms with Crippen LogP contribution in [-0.2, 0) is 9.59 Å². The van der Waals surface area contributed by atoms with Gasteiger partial charge in [0, 0.05) is 23.3 Å². The Balaban J connectivity index is 1.66. The summed E-state index contributed by atoms with van der Waals surface area (Å²) in [5, 5.41) is 30.4. The van der Waals surface area contributed by atoms with Gasteiger partial charge in [0.2, 0.25) is 5.91 Å². The molecule has 0 bridgehead atoms. The number of halogens is 3. The number of hydrogen-bond donors (Lipinski definition) is 6. The lowest BCUT2D eigenvalue weighted by atomic mass is 10.0. The normalized spacial score (nSPS) is 13.4. The van der Waals surface area contributed by atoms with Gasteiger partial charge in [-0.2, -0.15) is 0 Å². The molecule has 2 aromatic rings. The van der Waals surface area contributed by atoms with E-state index in [-0.39, 0.29) is 26.3 Å². The number of carboxylic acid groups (broad SMARTS) is 1. The Morgan fingerprint density at radius 3 is 2.62 bits per heavy atom. The van der Waals surface area contributed by atoms with Crippen LogP contribution in [0.5, 0.6) is 5.75 Å². The lowest BCUT2D eigenvalue weighted by Crippen LogP contribution is -2.39. The van der Waals surface area contributed by atoms with Gasteiger partial charge in [-0.05, 0) is 18.2 Å². The van der Waals surface area contributed by atoms with Crippen molar-refractivity contribution in [2.45, 2.75) is 12.5 Å². The number of pyridine rings is 1. The predicted octanol–water partition coefficient (Wildman–Crippen LogP) is 2.18. The molecule has 3 rings (SSSR count).